The summed E-state index contributed by atoms with van der Waals surface area (Å²) in [5, 5.41) is 9.34. The molecule has 0 aliphatic rings. The van der Waals surface area contributed by atoms with Gasteiger partial charge in [0.1, 0.15) is 10.8 Å². The van der Waals surface area contributed by atoms with E-state index in [1.54, 1.807) is 12.1 Å². The van der Waals surface area contributed by atoms with Crippen LogP contribution in [-0.2, 0) is 12.8 Å². The summed E-state index contributed by atoms with van der Waals surface area (Å²) >= 11 is 12.1. The van der Waals surface area contributed by atoms with Crippen LogP contribution in [0.3, 0.4) is 0 Å². The van der Waals surface area contributed by atoms with Gasteiger partial charge in [0, 0.05) is 16.8 Å². The zero-order valence-electron chi connectivity index (χ0n) is 13.6. The maximum absolute atomic E-state index is 12.1. The van der Waals surface area contributed by atoms with Crippen LogP contribution in [0.25, 0.3) is 0 Å². The number of nitrogens with zero attached hydrogens (tertiary/aromatic N) is 1. The summed E-state index contributed by atoms with van der Waals surface area (Å²) in [6.07, 6.45) is 1.40. The zero-order valence-corrected chi connectivity index (χ0v) is 15.1. The molecule has 130 valence electrons. The third-order valence-electron chi connectivity index (χ3n) is 3.75. The van der Waals surface area contributed by atoms with Gasteiger partial charge in [0.2, 0.25) is 0 Å². The third-order valence-corrected chi connectivity index (χ3v) is 4.33. The molecule has 26 heavy (non-hydrogen) atoms. The molecule has 1 heterocycles. The minimum Gasteiger partial charge on any atom is -0.455 e. The summed E-state index contributed by atoms with van der Waals surface area (Å²) in [5.41, 5.74) is 1.81. The first-order valence-corrected chi connectivity index (χ1v) is 8.65. The van der Waals surface area contributed by atoms with Crippen LogP contribution in [0.15, 0.2) is 59.4 Å². The molecule has 4 nitrogen and oxygen atoms in total. The number of ether oxygens (including phenoxy) is 1. The van der Waals surface area contributed by atoms with Crippen molar-refractivity contribution in [2.24, 2.45) is 0 Å². The predicted octanol–water partition coefficient (Wildman–Crippen LogP) is 5.13. The van der Waals surface area contributed by atoms with Gasteiger partial charge < -0.3 is 9.72 Å². The minimum absolute atomic E-state index is 0.0491. The number of benzene rings is 2. The number of aryl methyl sites for hydroxylation is 2. The van der Waals surface area contributed by atoms with E-state index in [0.717, 1.165) is 6.42 Å². The quantitative estimate of drug-likeness (QED) is 0.662. The standard InChI is InChI=1S/C20H14Cl2N2O2/c21-15-8-14(12-23)9-17(10-15)26-18-11-16(24-20(25)19(18)22)7-6-13-4-2-1-3-5-13/h1-5,8-11H,6-7H2,(H,24,25). The third kappa shape index (κ3) is 4.45. The molecule has 2 aromatic carbocycles. The Bertz CT molecular complexity index is 1020. The molecule has 0 spiro atoms. The monoisotopic (exact) mass is 384 g/mol. The molecule has 0 fully saturated rings. The minimum atomic E-state index is -0.422. The van der Waals surface area contributed by atoms with Gasteiger partial charge in [-0.15, -0.1) is 0 Å². The van der Waals surface area contributed by atoms with Crippen LogP contribution < -0.4 is 10.3 Å². The van der Waals surface area contributed by atoms with Crippen molar-refractivity contribution in [2.75, 3.05) is 0 Å². The first-order chi connectivity index (χ1) is 12.5. The van der Waals surface area contributed by atoms with Crippen molar-refractivity contribution in [3.05, 3.63) is 91.8 Å². The Morgan fingerprint density at radius 3 is 2.54 bits per heavy atom. The van der Waals surface area contributed by atoms with Crippen molar-refractivity contribution in [3.63, 3.8) is 0 Å². The molecule has 0 aliphatic heterocycles. The number of nitrogens with one attached hydrogen (secondary N) is 1. The maximum Gasteiger partial charge on any atom is 0.270 e. The number of pyridine rings is 1. The van der Waals surface area contributed by atoms with Gasteiger partial charge in [-0.25, -0.2) is 0 Å². The Balaban J connectivity index is 1.85. The molecule has 0 saturated carbocycles. The summed E-state index contributed by atoms with van der Waals surface area (Å²) in [7, 11) is 0. The SMILES string of the molecule is N#Cc1cc(Cl)cc(Oc2cc(CCc3ccccc3)[nH]c(=O)c2Cl)c1. The van der Waals surface area contributed by atoms with Gasteiger partial charge in [-0.3, -0.25) is 4.79 Å². The lowest BCUT2D eigenvalue weighted by molar-refractivity contribution is 0.480. The second kappa shape index (κ2) is 8.09. The lowest BCUT2D eigenvalue weighted by atomic mass is 10.1. The number of hydrogen-bond donors (Lipinski definition) is 1. The molecule has 1 aromatic heterocycles. The van der Waals surface area contributed by atoms with Gasteiger partial charge in [0.05, 0.1) is 11.6 Å². The molecule has 0 atom stereocenters. The maximum atomic E-state index is 12.1. The molecule has 0 aliphatic carbocycles. The van der Waals surface area contributed by atoms with E-state index in [0.29, 0.717) is 28.5 Å². The molecule has 0 amide bonds. The van der Waals surface area contributed by atoms with E-state index in [9.17, 15) is 4.79 Å². The van der Waals surface area contributed by atoms with Crippen LogP contribution in [0.4, 0.5) is 0 Å². The summed E-state index contributed by atoms with van der Waals surface area (Å²) in [6, 6.07) is 18.3. The van der Waals surface area contributed by atoms with Gasteiger partial charge in [0.25, 0.3) is 5.56 Å². The fraction of sp³-hybridized carbons (Fsp3) is 0.100. The average Bonchev–Trinajstić information content (AvgIpc) is 2.64. The summed E-state index contributed by atoms with van der Waals surface area (Å²) in [6.45, 7) is 0. The molecule has 3 aromatic rings. The van der Waals surface area contributed by atoms with Crippen LogP contribution in [0, 0.1) is 11.3 Å². The first kappa shape index (κ1) is 18.1. The molecule has 3 rings (SSSR count). The molecule has 0 bridgehead atoms. The summed E-state index contributed by atoms with van der Waals surface area (Å²) < 4.78 is 5.72. The molecule has 0 radical (unpaired) electrons. The Kier molecular flexibility index (Phi) is 5.62. The van der Waals surface area contributed by atoms with Gasteiger partial charge in [-0.2, -0.15) is 5.26 Å². The van der Waals surface area contributed by atoms with Crippen LogP contribution in [0.2, 0.25) is 10.0 Å². The lowest BCUT2D eigenvalue weighted by Gasteiger charge is -2.10. The van der Waals surface area contributed by atoms with Gasteiger partial charge in [-0.05, 0) is 36.6 Å². The van der Waals surface area contributed by atoms with E-state index in [2.05, 4.69) is 4.98 Å². The Hall–Kier alpha value is -2.74. The highest BCUT2D eigenvalue weighted by Crippen LogP contribution is 2.30. The molecule has 6 heteroatoms. The van der Waals surface area contributed by atoms with Crippen molar-refractivity contribution < 1.29 is 4.74 Å². The van der Waals surface area contributed by atoms with Crippen LogP contribution in [-0.4, -0.2) is 4.98 Å². The second-order valence-corrected chi connectivity index (χ2v) is 6.49. The number of rotatable bonds is 5. The predicted molar refractivity (Wildman–Crippen MR) is 102 cm³/mol. The number of aromatic nitrogens is 1. The van der Waals surface area contributed by atoms with E-state index >= 15 is 0 Å². The Labute approximate surface area is 160 Å². The van der Waals surface area contributed by atoms with E-state index in [1.165, 1.54) is 17.7 Å². The van der Waals surface area contributed by atoms with Crippen molar-refractivity contribution in [3.8, 4) is 17.6 Å². The molecule has 1 N–H and O–H groups in total. The second-order valence-electron chi connectivity index (χ2n) is 5.68. The first-order valence-electron chi connectivity index (χ1n) is 7.89. The molecular weight excluding hydrogens is 371 g/mol. The van der Waals surface area contributed by atoms with Crippen LogP contribution in [0.1, 0.15) is 16.8 Å². The van der Waals surface area contributed by atoms with E-state index < -0.39 is 5.56 Å². The summed E-state index contributed by atoms with van der Waals surface area (Å²) in [4.78, 5) is 14.9. The number of halogens is 2. The number of aromatic amines is 1. The van der Waals surface area contributed by atoms with E-state index in [4.69, 9.17) is 33.2 Å². The summed E-state index contributed by atoms with van der Waals surface area (Å²) in [5.74, 6) is 0.570. The Morgan fingerprint density at radius 2 is 1.81 bits per heavy atom. The highest BCUT2D eigenvalue weighted by atomic mass is 35.5. The highest BCUT2D eigenvalue weighted by molar-refractivity contribution is 6.32. The van der Waals surface area contributed by atoms with Crippen molar-refractivity contribution in [1.29, 1.82) is 5.26 Å². The van der Waals surface area contributed by atoms with Crippen LogP contribution in [0.5, 0.6) is 11.5 Å². The smallest absolute Gasteiger partial charge is 0.270 e. The van der Waals surface area contributed by atoms with Crippen LogP contribution >= 0.6 is 23.2 Å². The topological polar surface area (TPSA) is 65.9 Å². The largest absolute Gasteiger partial charge is 0.455 e. The fourth-order valence-corrected chi connectivity index (χ4v) is 2.88. The lowest BCUT2D eigenvalue weighted by Crippen LogP contribution is -2.11. The number of nitriles is 1. The van der Waals surface area contributed by atoms with Crippen molar-refractivity contribution >= 4 is 23.2 Å². The van der Waals surface area contributed by atoms with E-state index in [1.807, 2.05) is 36.4 Å². The van der Waals surface area contributed by atoms with Gasteiger partial charge in [-0.1, -0.05) is 53.5 Å². The van der Waals surface area contributed by atoms with E-state index in [-0.39, 0.29) is 10.8 Å². The average molecular weight is 385 g/mol. The van der Waals surface area contributed by atoms with Gasteiger partial charge >= 0.3 is 0 Å². The molecule has 0 saturated heterocycles. The molecular formula is C20H14Cl2N2O2. The number of H-pyrrole nitrogens is 1. The normalized spacial score (nSPS) is 10.3. The van der Waals surface area contributed by atoms with Gasteiger partial charge in [0.15, 0.2) is 5.75 Å². The van der Waals surface area contributed by atoms with Crippen molar-refractivity contribution in [1.82, 2.24) is 4.98 Å². The highest BCUT2D eigenvalue weighted by Gasteiger charge is 2.11. The van der Waals surface area contributed by atoms with Crippen molar-refractivity contribution in [2.45, 2.75) is 12.8 Å². The number of hydrogen-bond acceptors (Lipinski definition) is 3. The fourth-order valence-electron chi connectivity index (χ4n) is 2.52. The Morgan fingerprint density at radius 1 is 1.04 bits per heavy atom. The molecule has 0 unspecified atom stereocenters. The zero-order chi connectivity index (χ0) is 18.5.